The number of urea groups is 1. The number of ether oxygens (including phenoxy) is 2. The number of anilines is 2. The summed E-state index contributed by atoms with van der Waals surface area (Å²) < 4.78 is 10.1. The highest BCUT2D eigenvalue weighted by molar-refractivity contribution is 7.18. The number of hydrogen-bond acceptors (Lipinski definition) is 6. The predicted molar refractivity (Wildman–Crippen MR) is 121 cm³/mol. The molecule has 1 heterocycles. The summed E-state index contributed by atoms with van der Waals surface area (Å²) >= 11 is 1.25. The van der Waals surface area contributed by atoms with Crippen molar-refractivity contribution in [2.75, 3.05) is 23.8 Å². The van der Waals surface area contributed by atoms with Gasteiger partial charge in [0.15, 0.2) is 0 Å². The Labute approximate surface area is 184 Å². The van der Waals surface area contributed by atoms with Gasteiger partial charge in [-0.3, -0.25) is 0 Å². The third-order valence-electron chi connectivity index (χ3n) is 4.15. The minimum absolute atomic E-state index is 0.232. The quantitative estimate of drug-likeness (QED) is 0.481. The number of esters is 2. The Morgan fingerprint density at radius 1 is 0.839 bits per heavy atom. The molecule has 0 spiro atoms. The number of carbonyl (C=O) groups excluding carboxylic acids is 3. The molecule has 2 amide bonds. The van der Waals surface area contributed by atoms with E-state index in [0.29, 0.717) is 21.8 Å². The number of benzene rings is 2. The molecule has 7 nitrogen and oxygen atoms in total. The van der Waals surface area contributed by atoms with Crippen LogP contribution in [-0.4, -0.2) is 31.2 Å². The average Bonchev–Trinajstić information content (AvgIpc) is 3.19. The monoisotopic (exact) mass is 438 g/mol. The summed E-state index contributed by atoms with van der Waals surface area (Å²) in [6, 6.07) is 17.1. The number of thiophene rings is 1. The van der Waals surface area contributed by atoms with Gasteiger partial charge in [0.05, 0.1) is 24.5 Å². The molecular formula is C23H22N2O5S. The van der Waals surface area contributed by atoms with E-state index in [2.05, 4.69) is 10.6 Å². The molecule has 0 saturated heterocycles. The van der Waals surface area contributed by atoms with Crippen molar-refractivity contribution in [2.45, 2.75) is 13.8 Å². The van der Waals surface area contributed by atoms with Gasteiger partial charge in [0.1, 0.15) is 4.88 Å². The minimum Gasteiger partial charge on any atom is -0.462 e. The highest BCUT2D eigenvalue weighted by atomic mass is 32.1. The van der Waals surface area contributed by atoms with E-state index >= 15 is 0 Å². The maximum Gasteiger partial charge on any atom is 0.350 e. The molecule has 0 radical (unpaired) electrons. The summed E-state index contributed by atoms with van der Waals surface area (Å²) in [6.45, 7) is 3.98. The molecule has 8 heteroatoms. The zero-order valence-corrected chi connectivity index (χ0v) is 18.0. The van der Waals surface area contributed by atoms with Crippen molar-refractivity contribution in [3.63, 3.8) is 0 Å². The lowest BCUT2D eigenvalue weighted by molar-refractivity contribution is 0.0519. The van der Waals surface area contributed by atoms with Crippen LogP contribution in [0.4, 0.5) is 16.2 Å². The molecule has 3 rings (SSSR count). The number of hydrogen-bond donors (Lipinski definition) is 2. The van der Waals surface area contributed by atoms with Gasteiger partial charge >= 0.3 is 18.0 Å². The molecule has 0 fully saturated rings. The first-order chi connectivity index (χ1) is 15.0. The lowest BCUT2D eigenvalue weighted by Crippen LogP contribution is -2.20. The Hall–Kier alpha value is -3.65. The van der Waals surface area contributed by atoms with Gasteiger partial charge in [-0.05, 0) is 49.7 Å². The molecule has 2 N–H and O–H groups in total. The van der Waals surface area contributed by atoms with Gasteiger partial charge in [-0.1, -0.05) is 30.3 Å². The first-order valence-corrected chi connectivity index (χ1v) is 10.5. The maximum atomic E-state index is 12.5. The van der Waals surface area contributed by atoms with Crippen LogP contribution in [0, 0.1) is 0 Å². The zero-order valence-electron chi connectivity index (χ0n) is 17.1. The van der Waals surface area contributed by atoms with Crippen molar-refractivity contribution in [1.29, 1.82) is 0 Å². The number of carbonyl (C=O) groups is 3. The van der Waals surface area contributed by atoms with Crippen LogP contribution < -0.4 is 10.6 Å². The highest BCUT2D eigenvalue weighted by Crippen LogP contribution is 2.35. The molecule has 0 saturated carbocycles. The van der Waals surface area contributed by atoms with E-state index in [1.54, 1.807) is 44.2 Å². The van der Waals surface area contributed by atoms with Gasteiger partial charge in [0.2, 0.25) is 0 Å². The highest BCUT2D eigenvalue weighted by Gasteiger charge is 2.20. The van der Waals surface area contributed by atoms with Gasteiger partial charge in [0.25, 0.3) is 0 Å². The van der Waals surface area contributed by atoms with Gasteiger partial charge in [-0.2, -0.15) is 0 Å². The summed E-state index contributed by atoms with van der Waals surface area (Å²) in [5.41, 5.74) is 2.17. The SMILES string of the molecule is CCOC(=O)c1ccc(NC(=O)Nc2cc(-c3ccccc3)sc2C(=O)OCC)cc1. The average molecular weight is 439 g/mol. The van der Waals surface area contributed by atoms with Crippen LogP contribution in [0.5, 0.6) is 0 Å². The maximum absolute atomic E-state index is 12.5. The van der Waals surface area contributed by atoms with E-state index in [4.69, 9.17) is 9.47 Å². The van der Waals surface area contributed by atoms with Crippen molar-refractivity contribution in [3.05, 3.63) is 71.1 Å². The normalized spacial score (nSPS) is 10.3. The fraction of sp³-hybridized carbons (Fsp3) is 0.174. The standard InChI is InChI=1S/C23H22N2O5S/c1-3-29-21(26)16-10-12-17(13-11-16)24-23(28)25-18-14-19(15-8-6-5-7-9-15)31-20(18)22(27)30-4-2/h5-14H,3-4H2,1-2H3,(H2,24,25,28). The molecule has 0 unspecified atom stereocenters. The van der Waals surface area contributed by atoms with Gasteiger partial charge < -0.3 is 20.1 Å². The van der Waals surface area contributed by atoms with E-state index in [-0.39, 0.29) is 13.2 Å². The topological polar surface area (TPSA) is 93.7 Å². The smallest absolute Gasteiger partial charge is 0.350 e. The summed E-state index contributed by atoms with van der Waals surface area (Å²) in [5, 5.41) is 5.40. The second-order valence-electron chi connectivity index (χ2n) is 6.32. The summed E-state index contributed by atoms with van der Waals surface area (Å²) in [4.78, 5) is 37.8. The lowest BCUT2D eigenvalue weighted by Gasteiger charge is -2.09. The third-order valence-corrected chi connectivity index (χ3v) is 5.32. The largest absolute Gasteiger partial charge is 0.462 e. The Balaban J connectivity index is 1.76. The molecular weight excluding hydrogens is 416 g/mol. The Morgan fingerprint density at radius 3 is 2.13 bits per heavy atom. The van der Waals surface area contributed by atoms with Crippen LogP contribution in [-0.2, 0) is 9.47 Å². The molecule has 2 aromatic carbocycles. The van der Waals surface area contributed by atoms with Crippen molar-refractivity contribution in [2.24, 2.45) is 0 Å². The van der Waals surface area contributed by atoms with Crippen LogP contribution in [0.15, 0.2) is 60.7 Å². The molecule has 0 aliphatic carbocycles. The zero-order chi connectivity index (χ0) is 22.2. The first-order valence-electron chi connectivity index (χ1n) is 9.73. The van der Waals surface area contributed by atoms with Crippen LogP contribution in [0.2, 0.25) is 0 Å². The second-order valence-corrected chi connectivity index (χ2v) is 7.37. The van der Waals surface area contributed by atoms with E-state index in [0.717, 1.165) is 10.4 Å². The van der Waals surface area contributed by atoms with E-state index in [9.17, 15) is 14.4 Å². The van der Waals surface area contributed by atoms with E-state index in [1.165, 1.54) is 11.3 Å². The van der Waals surface area contributed by atoms with Gasteiger partial charge in [-0.15, -0.1) is 11.3 Å². The molecule has 0 atom stereocenters. The van der Waals surface area contributed by atoms with E-state index < -0.39 is 18.0 Å². The third kappa shape index (κ3) is 5.70. The molecule has 3 aromatic rings. The fourth-order valence-electron chi connectivity index (χ4n) is 2.77. The summed E-state index contributed by atoms with van der Waals surface area (Å²) in [6.07, 6.45) is 0. The van der Waals surface area contributed by atoms with Gasteiger partial charge in [-0.25, -0.2) is 14.4 Å². The van der Waals surface area contributed by atoms with Crippen LogP contribution in [0.1, 0.15) is 33.9 Å². The summed E-state index contributed by atoms with van der Waals surface area (Å²) in [5.74, 6) is -0.923. The molecule has 160 valence electrons. The number of nitrogens with one attached hydrogen (secondary N) is 2. The van der Waals surface area contributed by atoms with Crippen LogP contribution >= 0.6 is 11.3 Å². The molecule has 0 aliphatic rings. The Kier molecular flexibility index (Phi) is 7.40. The number of amides is 2. The van der Waals surface area contributed by atoms with Crippen LogP contribution in [0.25, 0.3) is 10.4 Å². The van der Waals surface area contributed by atoms with Crippen molar-refractivity contribution in [1.82, 2.24) is 0 Å². The van der Waals surface area contributed by atoms with Crippen molar-refractivity contribution < 1.29 is 23.9 Å². The van der Waals surface area contributed by atoms with Crippen molar-refractivity contribution in [3.8, 4) is 10.4 Å². The van der Waals surface area contributed by atoms with Crippen molar-refractivity contribution >= 4 is 40.7 Å². The molecule has 1 aromatic heterocycles. The van der Waals surface area contributed by atoms with E-state index in [1.807, 2.05) is 30.3 Å². The molecule has 0 bridgehead atoms. The molecule has 0 aliphatic heterocycles. The Bertz CT molecular complexity index is 1060. The predicted octanol–water partition coefficient (Wildman–Crippen LogP) is 5.41. The molecule has 31 heavy (non-hydrogen) atoms. The second kappa shape index (κ2) is 10.4. The minimum atomic E-state index is -0.521. The number of rotatable bonds is 7. The van der Waals surface area contributed by atoms with Crippen LogP contribution in [0.3, 0.4) is 0 Å². The Morgan fingerprint density at radius 2 is 1.48 bits per heavy atom. The fourth-order valence-corrected chi connectivity index (χ4v) is 3.78. The summed E-state index contributed by atoms with van der Waals surface area (Å²) in [7, 11) is 0. The van der Waals surface area contributed by atoms with Gasteiger partial charge in [0, 0.05) is 10.6 Å². The lowest BCUT2D eigenvalue weighted by atomic mass is 10.2. The first kappa shape index (κ1) is 22.0.